The molecule has 1 spiro atoms. The van der Waals surface area contributed by atoms with Crippen LogP contribution in [0.4, 0.5) is 8.78 Å². The molecule has 142 valence electrons. The standard InChI is InChI=1S/C20H27F2N3O/c1-3-7-25-8-6-20(5-4-19(25)26)15-24(10-9-23(20)2)14-16-11-17(21)13-18(22)12-16/h3,11-13H,1,4-10,14-15H2,2H3. The van der Waals surface area contributed by atoms with Gasteiger partial charge in [-0.2, -0.15) is 0 Å². The first-order chi connectivity index (χ1) is 12.4. The highest BCUT2D eigenvalue weighted by molar-refractivity contribution is 5.76. The summed E-state index contributed by atoms with van der Waals surface area (Å²) in [6.07, 6.45) is 4.01. The van der Waals surface area contributed by atoms with Crippen LogP contribution in [0, 0.1) is 11.6 Å². The number of amides is 1. The van der Waals surface area contributed by atoms with Crippen LogP contribution in [0.3, 0.4) is 0 Å². The van der Waals surface area contributed by atoms with Gasteiger partial charge in [-0.15, -0.1) is 6.58 Å². The van der Waals surface area contributed by atoms with Gasteiger partial charge in [-0.25, -0.2) is 8.78 Å². The lowest BCUT2D eigenvalue weighted by molar-refractivity contribution is -0.130. The molecule has 2 heterocycles. The molecule has 3 rings (SSSR count). The molecule has 2 aliphatic heterocycles. The highest BCUT2D eigenvalue weighted by atomic mass is 19.1. The minimum Gasteiger partial charge on any atom is -0.339 e. The second-order valence-corrected chi connectivity index (χ2v) is 7.51. The van der Waals surface area contributed by atoms with Crippen LogP contribution in [0.1, 0.15) is 24.8 Å². The van der Waals surface area contributed by atoms with E-state index < -0.39 is 11.6 Å². The van der Waals surface area contributed by atoms with Gasteiger partial charge in [-0.1, -0.05) is 6.08 Å². The quantitative estimate of drug-likeness (QED) is 0.770. The van der Waals surface area contributed by atoms with Gasteiger partial charge in [0.1, 0.15) is 11.6 Å². The Morgan fingerprint density at radius 1 is 1.15 bits per heavy atom. The zero-order chi connectivity index (χ0) is 18.7. The molecule has 0 saturated carbocycles. The van der Waals surface area contributed by atoms with Crippen LogP contribution >= 0.6 is 0 Å². The molecule has 0 bridgehead atoms. The molecule has 4 nitrogen and oxygen atoms in total. The van der Waals surface area contributed by atoms with E-state index in [2.05, 4.69) is 23.4 Å². The summed E-state index contributed by atoms with van der Waals surface area (Å²) in [7, 11) is 2.12. The maximum absolute atomic E-state index is 13.5. The van der Waals surface area contributed by atoms with Gasteiger partial charge in [-0.05, 0) is 37.6 Å². The van der Waals surface area contributed by atoms with E-state index in [0.29, 0.717) is 25.1 Å². The van der Waals surface area contributed by atoms with Gasteiger partial charge in [0.05, 0.1) is 0 Å². The summed E-state index contributed by atoms with van der Waals surface area (Å²) < 4.78 is 27.0. The number of nitrogens with zero attached hydrogens (tertiary/aromatic N) is 3. The maximum Gasteiger partial charge on any atom is 0.222 e. The van der Waals surface area contributed by atoms with Gasteiger partial charge in [0.2, 0.25) is 5.91 Å². The van der Waals surface area contributed by atoms with Gasteiger partial charge in [0.15, 0.2) is 0 Å². The minimum absolute atomic E-state index is 0.0737. The van der Waals surface area contributed by atoms with E-state index in [1.807, 2.05) is 4.90 Å². The fraction of sp³-hybridized carbons (Fsp3) is 0.550. The third-order valence-corrected chi connectivity index (χ3v) is 5.76. The summed E-state index contributed by atoms with van der Waals surface area (Å²) in [6, 6.07) is 3.70. The zero-order valence-corrected chi connectivity index (χ0v) is 15.4. The summed E-state index contributed by atoms with van der Waals surface area (Å²) in [6.45, 7) is 8.10. The number of halogens is 2. The molecule has 2 saturated heterocycles. The second kappa shape index (κ2) is 7.84. The largest absolute Gasteiger partial charge is 0.339 e. The van der Waals surface area contributed by atoms with E-state index >= 15 is 0 Å². The monoisotopic (exact) mass is 363 g/mol. The van der Waals surface area contributed by atoms with Crippen LogP contribution in [-0.4, -0.2) is 65.9 Å². The van der Waals surface area contributed by atoms with Gasteiger partial charge in [0, 0.05) is 57.3 Å². The van der Waals surface area contributed by atoms with Crippen LogP contribution < -0.4 is 0 Å². The fourth-order valence-corrected chi connectivity index (χ4v) is 4.22. The lowest BCUT2D eigenvalue weighted by atomic mass is 9.86. The normalized spacial score (nSPS) is 25.5. The number of benzene rings is 1. The number of hydrogen-bond acceptors (Lipinski definition) is 3. The zero-order valence-electron chi connectivity index (χ0n) is 15.4. The van der Waals surface area contributed by atoms with E-state index in [1.165, 1.54) is 12.1 Å². The molecule has 1 aromatic carbocycles. The summed E-state index contributed by atoms with van der Waals surface area (Å²) in [5.74, 6) is -0.896. The van der Waals surface area contributed by atoms with Crippen molar-refractivity contribution < 1.29 is 13.6 Å². The van der Waals surface area contributed by atoms with Crippen molar-refractivity contribution in [1.82, 2.24) is 14.7 Å². The van der Waals surface area contributed by atoms with E-state index in [-0.39, 0.29) is 11.4 Å². The molecule has 2 aliphatic rings. The smallest absolute Gasteiger partial charge is 0.222 e. The average Bonchev–Trinajstić information content (AvgIpc) is 2.72. The number of likely N-dealkylation sites (N-methyl/N-ethyl adjacent to an activating group) is 1. The Hall–Kier alpha value is -1.79. The van der Waals surface area contributed by atoms with Crippen molar-refractivity contribution in [3.8, 4) is 0 Å². The first-order valence-corrected chi connectivity index (χ1v) is 9.19. The molecule has 1 amide bonds. The SMILES string of the molecule is C=CCN1CCC2(CCC1=O)CN(Cc1cc(F)cc(F)c1)CCN2C. The third kappa shape index (κ3) is 4.13. The molecule has 0 aromatic heterocycles. The van der Waals surface area contributed by atoms with Crippen LogP contribution in [0.5, 0.6) is 0 Å². The highest BCUT2D eigenvalue weighted by Gasteiger charge is 2.42. The predicted octanol–water partition coefficient (Wildman–Crippen LogP) is 2.65. The van der Waals surface area contributed by atoms with Crippen molar-refractivity contribution in [1.29, 1.82) is 0 Å². The molecule has 1 atom stereocenters. The lowest BCUT2D eigenvalue weighted by Crippen LogP contribution is -2.60. The minimum atomic E-state index is -0.538. The Balaban J connectivity index is 1.73. The average molecular weight is 363 g/mol. The Morgan fingerprint density at radius 3 is 2.58 bits per heavy atom. The second-order valence-electron chi connectivity index (χ2n) is 7.51. The van der Waals surface area contributed by atoms with Crippen LogP contribution in [0.15, 0.2) is 30.9 Å². The molecule has 2 fully saturated rings. The van der Waals surface area contributed by atoms with Crippen molar-refractivity contribution in [3.63, 3.8) is 0 Å². The molecule has 1 unspecified atom stereocenters. The lowest BCUT2D eigenvalue weighted by Gasteiger charge is -2.49. The summed E-state index contributed by atoms with van der Waals surface area (Å²) in [5, 5.41) is 0. The molecule has 0 N–H and O–H groups in total. The van der Waals surface area contributed by atoms with Crippen molar-refractivity contribution in [2.24, 2.45) is 0 Å². The number of carbonyl (C=O) groups excluding carboxylic acids is 1. The van der Waals surface area contributed by atoms with E-state index in [0.717, 1.165) is 45.1 Å². The number of hydrogen-bond donors (Lipinski definition) is 0. The van der Waals surface area contributed by atoms with Crippen LogP contribution in [-0.2, 0) is 11.3 Å². The molecule has 1 aromatic rings. The Bertz CT molecular complexity index is 661. The number of piperazine rings is 1. The van der Waals surface area contributed by atoms with Crippen molar-refractivity contribution in [2.75, 3.05) is 39.8 Å². The topological polar surface area (TPSA) is 26.8 Å². The number of carbonyl (C=O) groups is 1. The van der Waals surface area contributed by atoms with Gasteiger partial charge >= 0.3 is 0 Å². The van der Waals surface area contributed by atoms with Gasteiger partial charge in [-0.3, -0.25) is 14.6 Å². The first-order valence-electron chi connectivity index (χ1n) is 9.19. The van der Waals surface area contributed by atoms with Crippen LogP contribution in [0.25, 0.3) is 0 Å². The Labute approximate surface area is 154 Å². The third-order valence-electron chi connectivity index (χ3n) is 5.76. The van der Waals surface area contributed by atoms with E-state index in [1.54, 1.807) is 6.08 Å². The Kier molecular flexibility index (Phi) is 5.73. The van der Waals surface area contributed by atoms with E-state index in [4.69, 9.17) is 0 Å². The highest BCUT2D eigenvalue weighted by Crippen LogP contribution is 2.32. The Morgan fingerprint density at radius 2 is 1.88 bits per heavy atom. The number of likely N-dealkylation sites (tertiary alicyclic amines) is 1. The van der Waals surface area contributed by atoms with Crippen molar-refractivity contribution >= 4 is 5.91 Å². The summed E-state index contributed by atoms with van der Waals surface area (Å²) in [5.41, 5.74) is 0.579. The number of rotatable bonds is 4. The van der Waals surface area contributed by atoms with E-state index in [9.17, 15) is 13.6 Å². The molecule has 6 heteroatoms. The molecule has 26 heavy (non-hydrogen) atoms. The van der Waals surface area contributed by atoms with Crippen molar-refractivity contribution in [2.45, 2.75) is 31.3 Å². The summed E-state index contributed by atoms with van der Waals surface area (Å²) >= 11 is 0. The predicted molar refractivity (Wildman–Crippen MR) is 97.6 cm³/mol. The van der Waals surface area contributed by atoms with Crippen LogP contribution in [0.2, 0.25) is 0 Å². The van der Waals surface area contributed by atoms with Gasteiger partial charge < -0.3 is 4.90 Å². The molecule has 0 radical (unpaired) electrons. The molecular weight excluding hydrogens is 336 g/mol. The first kappa shape index (κ1) is 19.0. The fourth-order valence-electron chi connectivity index (χ4n) is 4.22. The molecule has 0 aliphatic carbocycles. The maximum atomic E-state index is 13.5. The van der Waals surface area contributed by atoms with Crippen molar-refractivity contribution in [3.05, 3.63) is 48.1 Å². The summed E-state index contributed by atoms with van der Waals surface area (Å²) in [4.78, 5) is 18.8. The molecular formula is C20H27F2N3O. The van der Waals surface area contributed by atoms with Gasteiger partial charge in [0.25, 0.3) is 0 Å².